The molecule has 0 atom stereocenters. The summed E-state index contributed by atoms with van der Waals surface area (Å²) in [5.41, 5.74) is 2.12. The molecule has 0 amide bonds. The summed E-state index contributed by atoms with van der Waals surface area (Å²) in [6.45, 7) is 10.3. The fourth-order valence-corrected chi connectivity index (χ4v) is 1.59. The molecule has 0 aliphatic rings. The third-order valence-corrected chi connectivity index (χ3v) is 2.64. The fourth-order valence-electron chi connectivity index (χ4n) is 1.59. The van der Waals surface area contributed by atoms with Crippen LogP contribution >= 0.6 is 0 Å². The van der Waals surface area contributed by atoms with E-state index in [0.29, 0.717) is 5.56 Å². The van der Waals surface area contributed by atoms with Crippen LogP contribution in [0.25, 0.3) is 0 Å². The summed E-state index contributed by atoms with van der Waals surface area (Å²) in [7, 11) is 0. The molecule has 0 fully saturated rings. The van der Waals surface area contributed by atoms with Crippen molar-refractivity contribution in [1.82, 2.24) is 4.98 Å². The molecule has 2 heteroatoms. The number of aromatic amines is 1. The molecule has 1 N–H and O–H groups in total. The predicted molar refractivity (Wildman–Crippen MR) is 67.8 cm³/mol. The zero-order valence-electron chi connectivity index (χ0n) is 10.6. The van der Waals surface area contributed by atoms with Gasteiger partial charge in [-0.05, 0) is 17.5 Å². The molecule has 16 heavy (non-hydrogen) atoms. The van der Waals surface area contributed by atoms with Crippen LogP contribution in [0.2, 0.25) is 0 Å². The SMILES string of the molecule is C#Cc1c(C(C)C)cc(C(C)(C)C)[nH]c1=O. The van der Waals surface area contributed by atoms with Gasteiger partial charge in [-0.15, -0.1) is 6.42 Å². The molecule has 86 valence electrons. The molecule has 1 aromatic rings. The van der Waals surface area contributed by atoms with Gasteiger partial charge in [0.05, 0.1) is 5.56 Å². The van der Waals surface area contributed by atoms with Crippen molar-refractivity contribution < 1.29 is 0 Å². The summed E-state index contributed by atoms with van der Waals surface area (Å²) in [5, 5.41) is 0. The minimum absolute atomic E-state index is 0.0735. The first-order chi connectivity index (χ1) is 7.27. The fraction of sp³-hybridized carbons (Fsp3) is 0.500. The third-order valence-electron chi connectivity index (χ3n) is 2.64. The summed E-state index contributed by atoms with van der Waals surface area (Å²) in [5.74, 6) is 2.74. The van der Waals surface area contributed by atoms with Crippen molar-refractivity contribution in [2.45, 2.75) is 46.0 Å². The van der Waals surface area contributed by atoms with Crippen LogP contribution in [0.3, 0.4) is 0 Å². The Labute approximate surface area is 97.1 Å². The highest BCUT2D eigenvalue weighted by Crippen LogP contribution is 2.24. The average molecular weight is 217 g/mol. The minimum Gasteiger partial charge on any atom is -0.325 e. The quantitative estimate of drug-likeness (QED) is 0.721. The Hall–Kier alpha value is -1.49. The van der Waals surface area contributed by atoms with Crippen LogP contribution in [-0.4, -0.2) is 4.98 Å². The van der Waals surface area contributed by atoms with Crippen molar-refractivity contribution in [3.05, 3.63) is 33.2 Å². The van der Waals surface area contributed by atoms with Crippen LogP contribution in [-0.2, 0) is 5.41 Å². The van der Waals surface area contributed by atoms with Gasteiger partial charge in [-0.25, -0.2) is 0 Å². The second-order valence-corrected chi connectivity index (χ2v) is 5.39. The molecular formula is C14H19NO. The van der Waals surface area contributed by atoms with Crippen molar-refractivity contribution in [3.63, 3.8) is 0 Å². The Morgan fingerprint density at radius 1 is 1.38 bits per heavy atom. The number of terminal acetylenes is 1. The zero-order chi connectivity index (χ0) is 12.5. The van der Waals surface area contributed by atoms with E-state index in [2.05, 4.69) is 31.7 Å². The van der Waals surface area contributed by atoms with Gasteiger partial charge in [0.25, 0.3) is 5.56 Å². The van der Waals surface area contributed by atoms with Gasteiger partial charge < -0.3 is 4.98 Å². The van der Waals surface area contributed by atoms with E-state index in [0.717, 1.165) is 11.3 Å². The topological polar surface area (TPSA) is 32.9 Å². The van der Waals surface area contributed by atoms with E-state index in [-0.39, 0.29) is 16.9 Å². The molecule has 0 bridgehead atoms. The lowest BCUT2D eigenvalue weighted by atomic mass is 9.88. The van der Waals surface area contributed by atoms with Gasteiger partial charge in [-0.2, -0.15) is 0 Å². The first kappa shape index (κ1) is 12.6. The lowest BCUT2D eigenvalue weighted by Crippen LogP contribution is -2.23. The van der Waals surface area contributed by atoms with E-state index < -0.39 is 0 Å². The Balaban J connectivity index is 3.55. The van der Waals surface area contributed by atoms with Crippen LogP contribution in [0.15, 0.2) is 10.9 Å². The number of hydrogen-bond donors (Lipinski definition) is 1. The Morgan fingerprint density at radius 2 is 1.94 bits per heavy atom. The largest absolute Gasteiger partial charge is 0.325 e. The van der Waals surface area contributed by atoms with Crippen LogP contribution in [0, 0.1) is 12.3 Å². The summed E-state index contributed by atoms with van der Waals surface area (Å²) in [6.07, 6.45) is 5.38. The number of aromatic nitrogens is 1. The van der Waals surface area contributed by atoms with Gasteiger partial charge in [0, 0.05) is 11.1 Å². The zero-order valence-corrected chi connectivity index (χ0v) is 10.6. The van der Waals surface area contributed by atoms with E-state index >= 15 is 0 Å². The number of rotatable bonds is 1. The van der Waals surface area contributed by atoms with E-state index in [4.69, 9.17) is 6.42 Å². The highest BCUT2D eigenvalue weighted by molar-refractivity contribution is 5.41. The van der Waals surface area contributed by atoms with Gasteiger partial charge >= 0.3 is 0 Å². The maximum absolute atomic E-state index is 11.8. The third kappa shape index (κ3) is 2.36. The van der Waals surface area contributed by atoms with Crippen molar-refractivity contribution in [2.24, 2.45) is 0 Å². The lowest BCUT2D eigenvalue weighted by Gasteiger charge is -2.20. The van der Waals surface area contributed by atoms with Crippen LogP contribution in [0.5, 0.6) is 0 Å². The maximum Gasteiger partial charge on any atom is 0.264 e. The van der Waals surface area contributed by atoms with Gasteiger partial charge in [0.2, 0.25) is 0 Å². The lowest BCUT2D eigenvalue weighted by molar-refractivity contribution is 0.564. The molecule has 0 spiro atoms. The predicted octanol–water partition coefficient (Wildman–Crippen LogP) is 2.78. The number of nitrogens with one attached hydrogen (secondary N) is 1. The van der Waals surface area contributed by atoms with Crippen LogP contribution < -0.4 is 5.56 Å². The molecule has 0 saturated heterocycles. The molecule has 0 aliphatic carbocycles. The molecule has 0 radical (unpaired) electrons. The molecule has 1 aromatic heterocycles. The van der Waals surface area contributed by atoms with E-state index in [9.17, 15) is 4.79 Å². The van der Waals surface area contributed by atoms with Gasteiger partial charge in [-0.3, -0.25) is 4.79 Å². The number of pyridine rings is 1. The molecular weight excluding hydrogens is 198 g/mol. The van der Waals surface area contributed by atoms with Crippen molar-refractivity contribution in [2.75, 3.05) is 0 Å². The van der Waals surface area contributed by atoms with Crippen LogP contribution in [0.4, 0.5) is 0 Å². The van der Waals surface area contributed by atoms with Crippen molar-refractivity contribution in [3.8, 4) is 12.3 Å². The standard InChI is InChI=1S/C14H19NO/c1-7-10-11(9(2)3)8-12(14(4,5)6)15-13(10)16/h1,8-9H,2-6H3,(H,15,16). The summed E-state index contributed by atoms with van der Waals surface area (Å²) < 4.78 is 0. The average Bonchev–Trinajstić information content (AvgIpc) is 2.14. The Morgan fingerprint density at radius 3 is 2.31 bits per heavy atom. The van der Waals surface area contributed by atoms with Gasteiger partial charge in [-0.1, -0.05) is 40.5 Å². The molecule has 0 aromatic carbocycles. The Bertz CT molecular complexity index is 481. The molecule has 2 nitrogen and oxygen atoms in total. The molecule has 0 aliphatic heterocycles. The van der Waals surface area contributed by atoms with Crippen molar-refractivity contribution >= 4 is 0 Å². The second kappa shape index (κ2) is 4.17. The van der Waals surface area contributed by atoms with Gasteiger partial charge in [0.15, 0.2) is 0 Å². The Kier molecular flexibility index (Phi) is 3.28. The van der Waals surface area contributed by atoms with Gasteiger partial charge in [0.1, 0.15) is 0 Å². The summed E-state index contributed by atoms with van der Waals surface area (Å²) in [4.78, 5) is 14.7. The first-order valence-corrected chi connectivity index (χ1v) is 5.51. The number of H-pyrrole nitrogens is 1. The number of hydrogen-bond acceptors (Lipinski definition) is 1. The molecule has 1 rings (SSSR count). The monoisotopic (exact) mass is 217 g/mol. The van der Waals surface area contributed by atoms with E-state index in [1.807, 2.05) is 19.9 Å². The highest BCUT2D eigenvalue weighted by Gasteiger charge is 2.18. The second-order valence-electron chi connectivity index (χ2n) is 5.39. The molecule has 1 heterocycles. The minimum atomic E-state index is -0.154. The maximum atomic E-state index is 11.8. The highest BCUT2D eigenvalue weighted by atomic mass is 16.1. The van der Waals surface area contributed by atoms with E-state index in [1.165, 1.54) is 0 Å². The van der Waals surface area contributed by atoms with E-state index in [1.54, 1.807) is 0 Å². The normalized spacial score (nSPS) is 11.6. The van der Waals surface area contributed by atoms with Crippen LogP contribution in [0.1, 0.15) is 57.4 Å². The first-order valence-electron chi connectivity index (χ1n) is 5.51. The van der Waals surface area contributed by atoms with Crippen molar-refractivity contribution in [1.29, 1.82) is 0 Å². The molecule has 0 saturated carbocycles. The smallest absolute Gasteiger partial charge is 0.264 e. The summed E-state index contributed by atoms with van der Waals surface area (Å²) >= 11 is 0. The molecule has 0 unspecified atom stereocenters. The summed E-state index contributed by atoms with van der Waals surface area (Å²) in [6, 6.07) is 2.02.